The minimum absolute atomic E-state index is 0.200. The average molecular weight is 201 g/mol. The van der Waals surface area contributed by atoms with Gasteiger partial charge in [0, 0.05) is 6.04 Å². The van der Waals surface area contributed by atoms with Crippen LogP contribution < -0.4 is 16.0 Å². The van der Waals surface area contributed by atoms with Crippen LogP contribution in [-0.2, 0) is 4.79 Å². The van der Waals surface area contributed by atoms with E-state index >= 15 is 0 Å². The molecule has 0 aromatic heterocycles. The first-order chi connectivity index (χ1) is 6.83. The molecule has 1 fully saturated rings. The van der Waals surface area contributed by atoms with E-state index in [-0.39, 0.29) is 6.04 Å². The molecule has 0 radical (unpaired) electrons. The second kappa shape index (κ2) is 8.50. The van der Waals surface area contributed by atoms with Crippen LogP contribution in [0.2, 0.25) is 0 Å². The van der Waals surface area contributed by atoms with E-state index in [1.54, 1.807) is 0 Å². The van der Waals surface area contributed by atoms with Crippen LogP contribution in [0.15, 0.2) is 0 Å². The maximum atomic E-state index is 10.8. The number of amides is 3. The van der Waals surface area contributed by atoms with Crippen molar-refractivity contribution in [1.29, 1.82) is 0 Å². The number of hydrogen-bond donors (Lipinski definition) is 3. The van der Waals surface area contributed by atoms with Gasteiger partial charge in [0.1, 0.15) is 0 Å². The standard InChI is InChI=1S/C7H13N3O2.C2H6/c11-5-9-7(12)10-6-1-3-8-4-2-6;1-2/h5-6,8H,1-4H2,(H2,9,10,11,12);1-2H3. The Hall–Kier alpha value is -1.10. The summed E-state index contributed by atoms with van der Waals surface area (Å²) in [5.41, 5.74) is 0. The number of rotatable bonds is 2. The Morgan fingerprint density at radius 3 is 2.43 bits per heavy atom. The third-order valence-corrected chi connectivity index (χ3v) is 1.86. The highest BCUT2D eigenvalue weighted by Gasteiger charge is 2.14. The first-order valence-electron chi connectivity index (χ1n) is 5.04. The molecule has 0 spiro atoms. The second-order valence-electron chi connectivity index (χ2n) is 2.76. The van der Waals surface area contributed by atoms with Crippen LogP contribution in [0.3, 0.4) is 0 Å². The van der Waals surface area contributed by atoms with Gasteiger partial charge in [-0.25, -0.2) is 4.79 Å². The van der Waals surface area contributed by atoms with Gasteiger partial charge in [0.2, 0.25) is 6.41 Å². The van der Waals surface area contributed by atoms with Crippen LogP contribution in [0, 0.1) is 0 Å². The maximum absolute atomic E-state index is 10.8. The molecule has 3 N–H and O–H groups in total. The summed E-state index contributed by atoms with van der Waals surface area (Å²) in [6.07, 6.45) is 2.23. The molecule has 0 bridgehead atoms. The molecule has 1 rings (SSSR count). The van der Waals surface area contributed by atoms with Crippen molar-refractivity contribution < 1.29 is 9.59 Å². The molecule has 0 aromatic carbocycles. The van der Waals surface area contributed by atoms with E-state index in [0.717, 1.165) is 25.9 Å². The van der Waals surface area contributed by atoms with Crippen LogP contribution >= 0.6 is 0 Å². The molecule has 0 aliphatic carbocycles. The molecule has 0 atom stereocenters. The highest BCUT2D eigenvalue weighted by atomic mass is 16.2. The van der Waals surface area contributed by atoms with Crippen molar-refractivity contribution in [2.75, 3.05) is 13.1 Å². The van der Waals surface area contributed by atoms with Crippen LogP contribution in [0.5, 0.6) is 0 Å². The fraction of sp³-hybridized carbons (Fsp3) is 0.778. The lowest BCUT2D eigenvalue weighted by molar-refractivity contribution is -0.108. The molecular weight excluding hydrogens is 182 g/mol. The van der Waals surface area contributed by atoms with Gasteiger partial charge in [-0.1, -0.05) is 13.8 Å². The highest BCUT2D eigenvalue weighted by Crippen LogP contribution is 2.00. The van der Waals surface area contributed by atoms with E-state index in [9.17, 15) is 9.59 Å². The Morgan fingerprint density at radius 1 is 1.36 bits per heavy atom. The Labute approximate surface area is 84.6 Å². The van der Waals surface area contributed by atoms with E-state index in [0.29, 0.717) is 6.41 Å². The van der Waals surface area contributed by atoms with E-state index in [2.05, 4.69) is 10.6 Å². The summed E-state index contributed by atoms with van der Waals surface area (Å²) in [7, 11) is 0. The van der Waals surface area contributed by atoms with Gasteiger partial charge >= 0.3 is 6.03 Å². The van der Waals surface area contributed by atoms with E-state index in [1.165, 1.54) is 0 Å². The number of nitrogens with one attached hydrogen (secondary N) is 3. The van der Waals surface area contributed by atoms with E-state index in [4.69, 9.17) is 0 Å². The molecule has 0 unspecified atom stereocenters. The molecule has 5 nitrogen and oxygen atoms in total. The number of carbonyl (C=O) groups excluding carboxylic acids is 2. The maximum Gasteiger partial charge on any atom is 0.321 e. The number of urea groups is 1. The molecule has 0 aromatic rings. The van der Waals surface area contributed by atoms with Gasteiger partial charge in [0.15, 0.2) is 0 Å². The third kappa shape index (κ3) is 5.53. The van der Waals surface area contributed by atoms with E-state index in [1.807, 2.05) is 19.2 Å². The highest BCUT2D eigenvalue weighted by molar-refractivity contribution is 5.84. The summed E-state index contributed by atoms with van der Waals surface area (Å²) in [6.45, 7) is 5.85. The van der Waals surface area contributed by atoms with Gasteiger partial charge < -0.3 is 10.6 Å². The molecule has 1 heterocycles. The summed E-state index contributed by atoms with van der Waals surface area (Å²) in [6, 6.07) is -0.205. The van der Waals surface area contributed by atoms with Crippen molar-refractivity contribution in [3.63, 3.8) is 0 Å². The predicted octanol–water partition coefficient (Wildman–Crippen LogP) is 0.220. The van der Waals surface area contributed by atoms with Gasteiger partial charge in [-0.2, -0.15) is 0 Å². The predicted molar refractivity (Wildman–Crippen MR) is 55.0 cm³/mol. The molecule has 3 amide bonds. The lowest BCUT2D eigenvalue weighted by Crippen LogP contribution is -2.46. The number of hydrogen-bond acceptors (Lipinski definition) is 3. The fourth-order valence-corrected chi connectivity index (χ4v) is 1.25. The molecular formula is C9H19N3O2. The first-order valence-corrected chi connectivity index (χ1v) is 5.04. The van der Waals surface area contributed by atoms with Crippen molar-refractivity contribution in [1.82, 2.24) is 16.0 Å². The van der Waals surface area contributed by atoms with Gasteiger partial charge in [-0.3, -0.25) is 10.1 Å². The van der Waals surface area contributed by atoms with Crippen molar-refractivity contribution in [3.05, 3.63) is 0 Å². The Bertz CT molecular complexity index is 167. The van der Waals surface area contributed by atoms with Gasteiger partial charge in [-0.15, -0.1) is 0 Å². The summed E-state index contributed by atoms with van der Waals surface area (Å²) in [5, 5.41) is 7.92. The molecule has 82 valence electrons. The SMILES string of the molecule is CC.O=CNC(=O)NC1CCNCC1. The smallest absolute Gasteiger partial charge is 0.321 e. The van der Waals surface area contributed by atoms with Crippen molar-refractivity contribution in [2.24, 2.45) is 0 Å². The number of imide groups is 1. The van der Waals surface area contributed by atoms with Crippen molar-refractivity contribution >= 4 is 12.4 Å². The lowest BCUT2D eigenvalue weighted by Gasteiger charge is -2.23. The summed E-state index contributed by atoms with van der Waals surface area (Å²) in [4.78, 5) is 20.7. The monoisotopic (exact) mass is 201 g/mol. The molecule has 5 heteroatoms. The summed E-state index contributed by atoms with van der Waals surface area (Å²) in [5.74, 6) is 0. The molecule has 14 heavy (non-hydrogen) atoms. The average Bonchev–Trinajstić information content (AvgIpc) is 2.22. The van der Waals surface area contributed by atoms with E-state index < -0.39 is 6.03 Å². The number of piperidine rings is 1. The largest absolute Gasteiger partial charge is 0.335 e. The van der Waals surface area contributed by atoms with Crippen LogP contribution in [0.4, 0.5) is 4.79 Å². The zero-order valence-corrected chi connectivity index (χ0v) is 8.80. The summed E-state index contributed by atoms with van der Waals surface area (Å²) < 4.78 is 0. The molecule has 0 saturated carbocycles. The Balaban J connectivity index is 0.000000791. The third-order valence-electron chi connectivity index (χ3n) is 1.86. The van der Waals surface area contributed by atoms with Crippen molar-refractivity contribution in [2.45, 2.75) is 32.7 Å². The Kier molecular flexibility index (Phi) is 7.83. The van der Waals surface area contributed by atoms with Gasteiger partial charge in [0.05, 0.1) is 0 Å². The molecule has 1 aliphatic heterocycles. The van der Waals surface area contributed by atoms with Gasteiger partial charge in [-0.05, 0) is 25.9 Å². The van der Waals surface area contributed by atoms with Crippen LogP contribution in [0.1, 0.15) is 26.7 Å². The lowest BCUT2D eigenvalue weighted by atomic mass is 10.1. The summed E-state index contributed by atoms with van der Waals surface area (Å²) >= 11 is 0. The normalized spacial score (nSPS) is 16.1. The zero-order chi connectivity index (χ0) is 10.8. The zero-order valence-electron chi connectivity index (χ0n) is 8.80. The van der Waals surface area contributed by atoms with Crippen molar-refractivity contribution in [3.8, 4) is 0 Å². The quantitative estimate of drug-likeness (QED) is 0.560. The minimum Gasteiger partial charge on any atom is -0.335 e. The van der Waals surface area contributed by atoms with Crippen LogP contribution in [0.25, 0.3) is 0 Å². The van der Waals surface area contributed by atoms with Crippen LogP contribution in [-0.4, -0.2) is 31.6 Å². The first kappa shape index (κ1) is 12.9. The minimum atomic E-state index is -0.406. The number of carbonyl (C=O) groups is 2. The fourth-order valence-electron chi connectivity index (χ4n) is 1.25. The topological polar surface area (TPSA) is 70.2 Å². The molecule has 1 saturated heterocycles. The van der Waals surface area contributed by atoms with Gasteiger partial charge in [0.25, 0.3) is 0 Å². The Morgan fingerprint density at radius 2 is 1.93 bits per heavy atom. The molecule has 1 aliphatic rings. The second-order valence-corrected chi connectivity index (χ2v) is 2.76.